The number of aliphatic imine (C=N–C) groups is 1. The molecule has 2 atom stereocenters. The molecule has 0 radical (unpaired) electrons. The Morgan fingerprint density at radius 3 is 2.56 bits per heavy atom. The Morgan fingerprint density at radius 2 is 1.89 bits per heavy atom. The van der Waals surface area contributed by atoms with E-state index in [2.05, 4.69) is 36.9 Å². The van der Waals surface area contributed by atoms with Crippen LogP contribution in [0.3, 0.4) is 0 Å². The van der Waals surface area contributed by atoms with Gasteiger partial charge in [0, 0.05) is 12.3 Å². The molecule has 3 heteroatoms. The van der Waals surface area contributed by atoms with E-state index >= 15 is 0 Å². The molecule has 0 heterocycles. The number of hydrogen-bond acceptors (Lipinski definition) is 2. The first-order chi connectivity index (χ1) is 8.72. The van der Waals surface area contributed by atoms with Crippen LogP contribution in [0.2, 0.25) is 0 Å². The first-order valence-electron chi connectivity index (χ1n) is 6.68. The molecule has 1 aromatic carbocycles. The van der Waals surface area contributed by atoms with Gasteiger partial charge < -0.3 is 0 Å². The van der Waals surface area contributed by atoms with Crippen LogP contribution in [0.15, 0.2) is 23.2 Å². The molecule has 0 amide bonds. The molecule has 1 N–H and O–H groups in total. The molecule has 2 nitrogen and oxygen atoms in total. The van der Waals surface area contributed by atoms with Crippen LogP contribution in [-0.4, -0.2) is 18.3 Å². The number of rotatable bonds is 3. The third kappa shape index (κ3) is 3.12. The van der Waals surface area contributed by atoms with E-state index in [-0.39, 0.29) is 0 Å². The summed E-state index contributed by atoms with van der Waals surface area (Å²) in [7, 11) is 0. The van der Waals surface area contributed by atoms with Crippen molar-refractivity contribution in [3.63, 3.8) is 0 Å². The maximum Gasteiger partial charge on any atom is 0.0665 e. The summed E-state index contributed by atoms with van der Waals surface area (Å²) >= 11 is 5.80. The van der Waals surface area contributed by atoms with Crippen LogP contribution in [0.1, 0.15) is 42.4 Å². The SMILES string of the molecule is Cc1cccc(C)c1/C=N/C1CCCCC1NCl. The van der Waals surface area contributed by atoms with Gasteiger partial charge in [0.15, 0.2) is 0 Å². The van der Waals surface area contributed by atoms with E-state index in [4.69, 9.17) is 16.8 Å². The molecule has 1 fully saturated rings. The second-order valence-corrected chi connectivity index (χ2v) is 5.37. The quantitative estimate of drug-likeness (QED) is 0.652. The normalized spacial score (nSPS) is 24.6. The summed E-state index contributed by atoms with van der Waals surface area (Å²) in [6.07, 6.45) is 6.79. The molecule has 1 aromatic rings. The van der Waals surface area contributed by atoms with E-state index in [0.717, 1.165) is 12.8 Å². The van der Waals surface area contributed by atoms with Gasteiger partial charge in [0.1, 0.15) is 0 Å². The third-order valence-corrected chi connectivity index (χ3v) is 4.09. The second-order valence-electron chi connectivity index (χ2n) is 5.15. The third-order valence-electron chi connectivity index (χ3n) is 3.81. The predicted molar refractivity (Wildman–Crippen MR) is 78.5 cm³/mol. The molecule has 0 aliphatic heterocycles. The van der Waals surface area contributed by atoms with Crippen molar-refractivity contribution in [1.29, 1.82) is 0 Å². The van der Waals surface area contributed by atoms with Gasteiger partial charge in [-0.05, 0) is 55.2 Å². The Hall–Kier alpha value is -0.860. The van der Waals surface area contributed by atoms with Crippen LogP contribution >= 0.6 is 11.8 Å². The number of nitrogens with one attached hydrogen (secondary N) is 1. The Balaban J connectivity index is 2.14. The van der Waals surface area contributed by atoms with E-state index in [1.165, 1.54) is 29.5 Å². The van der Waals surface area contributed by atoms with Crippen molar-refractivity contribution in [2.75, 3.05) is 0 Å². The second kappa shape index (κ2) is 6.35. The Labute approximate surface area is 115 Å². The molecule has 1 saturated carbocycles. The highest BCUT2D eigenvalue weighted by atomic mass is 35.5. The lowest BCUT2D eigenvalue weighted by atomic mass is 9.91. The fourth-order valence-electron chi connectivity index (χ4n) is 2.62. The zero-order chi connectivity index (χ0) is 13.0. The topological polar surface area (TPSA) is 24.4 Å². The van der Waals surface area contributed by atoms with Crippen LogP contribution in [0, 0.1) is 13.8 Å². The molecule has 0 saturated heterocycles. The Morgan fingerprint density at radius 1 is 1.22 bits per heavy atom. The van der Waals surface area contributed by atoms with Crippen LogP contribution in [0.4, 0.5) is 0 Å². The van der Waals surface area contributed by atoms with Crippen LogP contribution in [-0.2, 0) is 0 Å². The number of hydrogen-bond donors (Lipinski definition) is 1. The minimum Gasteiger partial charge on any atom is -0.288 e. The van der Waals surface area contributed by atoms with Gasteiger partial charge in [0.25, 0.3) is 0 Å². The standard InChI is InChI=1S/C15H21ClN2/c1-11-6-5-7-12(2)13(11)10-17-14-8-3-4-9-15(14)18-16/h5-7,10,14-15,18H,3-4,8-9H2,1-2H3/b17-10+. The van der Waals surface area contributed by atoms with Gasteiger partial charge >= 0.3 is 0 Å². The van der Waals surface area contributed by atoms with Crippen LogP contribution in [0.25, 0.3) is 0 Å². The maximum absolute atomic E-state index is 5.80. The van der Waals surface area contributed by atoms with Gasteiger partial charge in [-0.25, -0.2) is 4.84 Å². The number of nitrogens with zero attached hydrogens (tertiary/aromatic N) is 1. The number of benzene rings is 1. The largest absolute Gasteiger partial charge is 0.288 e. The average Bonchev–Trinajstić information content (AvgIpc) is 2.38. The highest BCUT2D eigenvalue weighted by Crippen LogP contribution is 2.22. The van der Waals surface area contributed by atoms with Gasteiger partial charge in [-0.3, -0.25) is 4.99 Å². The molecule has 2 unspecified atom stereocenters. The van der Waals surface area contributed by atoms with Gasteiger partial charge in [-0.15, -0.1) is 0 Å². The molecule has 0 aromatic heterocycles. The zero-order valence-corrected chi connectivity index (χ0v) is 11.9. The highest BCUT2D eigenvalue weighted by molar-refractivity contribution is 6.13. The number of halogens is 1. The summed E-state index contributed by atoms with van der Waals surface area (Å²) in [6, 6.07) is 6.99. The molecular weight excluding hydrogens is 244 g/mol. The molecule has 1 aliphatic rings. The van der Waals surface area contributed by atoms with Crippen molar-refractivity contribution in [2.24, 2.45) is 4.99 Å². The summed E-state index contributed by atoms with van der Waals surface area (Å²) in [5, 5.41) is 0. The minimum absolute atomic E-state index is 0.315. The van der Waals surface area contributed by atoms with Crippen LogP contribution < -0.4 is 4.84 Å². The highest BCUT2D eigenvalue weighted by Gasteiger charge is 2.23. The molecule has 0 bridgehead atoms. The van der Waals surface area contributed by atoms with E-state index < -0.39 is 0 Å². The molecule has 1 aliphatic carbocycles. The van der Waals surface area contributed by atoms with Crippen molar-refractivity contribution < 1.29 is 0 Å². The maximum atomic E-state index is 5.80. The summed E-state index contributed by atoms with van der Waals surface area (Å²) in [4.78, 5) is 7.63. The molecule has 0 spiro atoms. The number of aryl methyl sites for hydroxylation is 2. The molecule has 2 rings (SSSR count). The lowest BCUT2D eigenvalue weighted by molar-refractivity contribution is 0.369. The molecular formula is C15H21ClN2. The fourth-order valence-corrected chi connectivity index (χ4v) is 2.87. The van der Waals surface area contributed by atoms with Gasteiger partial charge in [-0.2, -0.15) is 0 Å². The summed E-state index contributed by atoms with van der Waals surface area (Å²) in [6.45, 7) is 4.26. The monoisotopic (exact) mass is 264 g/mol. The van der Waals surface area contributed by atoms with E-state index in [0.29, 0.717) is 12.1 Å². The van der Waals surface area contributed by atoms with E-state index in [1.54, 1.807) is 0 Å². The van der Waals surface area contributed by atoms with Crippen molar-refractivity contribution >= 4 is 18.0 Å². The van der Waals surface area contributed by atoms with E-state index in [1.807, 2.05) is 6.21 Å². The molecule has 98 valence electrons. The smallest absolute Gasteiger partial charge is 0.0665 e. The van der Waals surface area contributed by atoms with Crippen molar-refractivity contribution in [3.05, 3.63) is 34.9 Å². The van der Waals surface area contributed by atoms with Gasteiger partial charge in [0.2, 0.25) is 0 Å². The first kappa shape index (κ1) is 13.6. The van der Waals surface area contributed by atoms with E-state index in [9.17, 15) is 0 Å². The van der Waals surface area contributed by atoms with Gasteiger partial charge in [-0.1, -0.05) is 31.0 Å². The summed E-state index contributed by atoms with van der Waals surface area (Å²) in [5.41, 5.74) is 3.81. The van der Waals surface area contributed by atoms with Gasteiger partial charge in [0.05, 0.1) is 6.04 Å². The predicted octanol–water partition coefficient (Wildman–Crippen LogP) is 3.78. The first-order valence-corrected chi connectivity index (χ1v) is 7.05. The lowest BCUT2D eigenvalue weighted by Gasteiger charge is -2.27. The average molecular weight is 265 g/mol. The van der Waals surface area contributed by atoms with Crippen molar-refractivity contribution in [3.8, 4) is 0 Å². The summed E-state index contributed by atoms with van der Waals surface area (Å²) in [5.74, 6) is 0. The summed E-state index contributed by atoms with van der Waals surface area (Å²) < 4.78 is 0. The molecule has 18 heavy (non-hydrogen) atoms. The Kier molecular flexibility index (Phi) is 4.79. The Bertz CT molecular complexity index is 408. The lowest BCUT2D eigenvalue weighted by Crippen LogP contribution is -2.36. The van der Waals surface area contributed by atoms with Crippen molar-refractivity contribution in [2.45, 2.75) is 51.6 Å². The minimum atomic E-state index is 0.315. The fraction of sp³-hybridized carbons (Fsp3) is 0.533. The van der Waals surface area contributed by atoms with Crippen LogP contribution in [0.5, 0.6) is 0 Å². The van der Waals surface area contributed by atoms with Crippen molar-refractivity contribution in [1.82, 2.24) is 4.84 Å². The zero-order valence-electron chi connectivity index (χ0n) is 11.1.